The molecule has 1 fully saturated rings. The van der Waals surface area contributed by atoms with Crippen molar-refractivity contribution in [2.75, 3.05) is 0 Å². The van der Waals surface area contributed by atoms with Crippen molar-refractivity contribution in [3.05, 3.63) is 71.3 Å². The number of fused-ring (bicyclic) bond motifs is 3. The van der Waals surface area contributed by atoms with Crippen molar-refractivity contribution in [2.24, 2.45) is 4.99 Å². The summed E-state index contributed by atoms with van der Waals surface area (Å²) < 4.78 is 41.2. The monoisotopic (exact) mass is 371 g/mol. The Morgan fingerprint density at radius 2 is 1.56 bits per heavy atom. The van der Waals surface area contributed by atoms with Crippen LogP contribution in [0.1, 0.15) is 62.1 Å². The zero-order valence-electron chi connectivity index (χ0n) is 15.5. The minimum Gasteiger partial charge on any atom is -0.276 e. The Hall–Kier alpha value is -2.10. The number of halogens is 3. The third-order valence-corrected chi connectivity index (χ3v) is 6.44. The SMILES string of the molecule is C[C@]12CCCCC[C@@]1(CC(F)(F)F)N=C(c1ccccc1)c1ccccc12. The summed E-state index contributed by atoms with van der Waals surface area (Å²) in [7, 11) is 0. The molecule has 0 amide bonds. The molecule has 0 unspecified atom stereocenters. The summed E-state index contributed by atoms with van der Waals surface area (Å²) in [6.07, 6.45) is -1.18. The van der Waals surface area contributed by atoms with Crippen LogP contribution in [0.5, 0.6) is 0 Å². The van der Waals surface area contributed by atoms with Gasteiger partial charge in [-0.2, -0.15) is 13.2 Å². The predicted octanol–water partition coefficient (Wildman–Crippen LogP) is 6.45. The number of nitrogens with zero attached hydrogens (tertiary/aromatic N) is 1. The summed E-state index contributed by atoms with van der Waals surface area (Å²) in [6, 6.07) is 17.6. The highest BCUT2D eigenvalue weighted by Gasteiger charge is 2.57. The van der Waals surface area contributed by atoms with E-state index in [1.165, 1.54) is 0 Å². The van der Waals surface area contributed by atoms with E-state index in [1.807, 2.05) is 61.5 Å². The van der Waals surface area contributed by atoms with Gasteiger partial charge in [-0.3, -0.25) is 4.99 Å². The summed E-state index contributed by atoms with van der Waals surface area (Å²) >= 11 is 0. The molecule has 4 rings (SSSR count). The van der Waals surface area contributed by atoms with Gasteiger partial charge in [-0.1, -0.05) is 80.8 Å². The van der Waals surface area contributed by atoms with Crippen LogP contribution < -0.4 is 0 Å². The van der Waals surface area contributed by atoms with Crippen molar-refractivity contribution in [3.63, 3.8) is 0 Å². The lowest BCUT2D eigenvalue weighted by molar-refractivity contribution is -0.154. The molecule has 0 bridgehead atoms. The molecule has 2 aromatic rings. The molecule has 142 valence electrons. The Labute approximate surface area is 158 Å². The molecule has 0 N–H and O–H groups in total. The molecule has 0 radical (unpaired) electrons. The van der Waals surface area contributed by atoms with Crippen molar-refractivity contribution >= 4 is 5.71 Å². The van der Waals surface area contributed by atoms with Crippen molar-refractivity contribution < 1.29 is 13.2 Å². The highest BCUT2D eigenvalue weighted by molar-refractivity contribution is 6.15. The maximum Gasteiger partial charge on any atom is 0.391 e. The summed E-state index contributed by atoms with van der Waals surface area (Å²) in [5.41, 5.74) is 1.85. The molecule has 1 heterocycles. The second-order valence-corrected chi connectivity index (χ2v) is 8.09. The summed E-state index contributed by atoms with van der Waals surface area (Å²) in [4.78, 5) is 4.96. The lowest BCUT2D eigenvalue weighted by Crippen LogP contribution is -2.53. The van der Waals surface area contributed by atoms with E-state index < -0.39 is 23.6 Å². The van der Waals surface area contributed by atoms with Crippen molar-refractivity contribution in [2.45, 2.75) is 62.6 Å². The fraction of sp³-hybridized carbons (Fsp3) is 0.435. The second kappa shape index (κ2) is 6.50. The number of alkyl halides is 3. The number of aliphatic imine (C=N–C) groups is 1. The average Bonchev–Trinajstić information content (AvgIpc) is 2.80. The maximum atomic E-state index is 13.7. The Morgan fingerprint density at radius 3 is 2.30 bits per heavy atom. The fourth-order valence-electron chi connectivity index (χ4n) is 5.06. The van der Waals surface area contributed by atoms with Gasteiger partial charge in [0.15, 0.2) is 0 Å². The average molecular weight is 371 g/mol. The van der Waals surface area contributed by atoms with Crippen LogP contribution in [0.25, 0.3) is 0 Å². The van der Waals surface area contributed by atoms with Gasteiger partial charge in [0.2, 0.25) is 0 Å². The molecule has 0 saturated heterocycles. The van der Waals surface area contributed by atoms with Gasteiger partial charge in [0, 0.05) is 16.5 Å². The number of hydrogen-bond donors (Lipinski definition) is 0. The van der Waals surface area contributed by atoms with E-state index >= 15 is 0 Å². The van der Waals surface area contributed by atoms with Crippen LogP contribution >= 0.6 is 0 Å². The van der Waals surface area contributed by atoms with Crippen LogP contribution in [0.3, 0.4) is 0 Å². The van der Waals surface area contributed by atoms with Gasteiger partial charge < -0.3 is 0 Å². The molecule has 2 atom stereocenters. The molecule has 1 nitrogen and oxygen atoms in total. The molecule has 1 saturated carbocycles. The first-order valence-electron chi connectivity index (χ1n) is 9.67. The molecular weight excluding hydrogens is 347 g/mol. The molecular formula is C23H24F3N. The van der Waals surface area contributed by atoms with Crippen LogP contribution in [-0.2, 0) is 5.41 Å². The third-order valence-electron chi connectivity index (χ3n) is 6.44. The van der Waals surface area contributed by atoms with Crippen LogP contribution in [0, 0.1) is 0 Å². The summed E-state index contributed by atoms with van der Waals surface area (Å²) in [6.45, 7) is 2.01. The van der Waals surface area contributed by atoms with Gasteiger partial charge in [-0.25, -0.2) is 0 Å². The Kier molecular flexibility index (Phi) is 4.40. The molecule has 2 aromatic carbocycles. The lowest BCUT2D eigenvalue weighted by Gasteiger charge is -2.50. The number of hydrogen-bond acceptors (Lipinski definition) is 1. The largest absolute Gasteiger partial charge is 0.391 e. The zero-order valence-corrected chi connectivity index (χ0v) is 15.5. The normalized spacial score (nSPS) is 27.9. The minimum atomic E-state index is -4.25. The van der Waals surface area contributed by atoms with Gasteiger partial charge >= 0.3 is 6.18 Å². The molecule has 1 aliphatic carbocycles. The molecule has 0 aromatic heterocycles. The second-order valence-electron chi connectivity index (χ2n) is 8.09. The van der Waals surface area contributed by atoms with E-state index in [0.29, 0.717) is 12.1 Å². The van der Waals surface area contributed by atoms with E-state index in [2.05, 4.69) is 0 Å². The van der Waals surface area contributed by atoms with Gasteiger partial charge in [0.05, 0.1) is 17.7 Å². The van der Waals surface area contributed by atoms with E-state index in [9.17, 15) is 13.2 Å². The quantitative estimate of drug-likeness (QED) is 0.575. The molecule has 0 spiro atoms. The molecule has 1 aliphatic heterocycles. The van der Waals surface area contributed by atoms with Crippen molar-refractivity contribution in [3.8, 4) is 0 Å². The first-order valence-corrected chi connectivity index (χ1v) is 9.67. The Bertz CT molecular complexity index is 855. The smallest absolute Gasteiger partial charge is 0.276 e. The van der Waals surface area contributed by atoms with Crippen LogP contribution in [0.2, 0.25) is 0 Å². The topological polar surface area (TPSA) is 12.4 Å². The first-order chi connectivity index (χ1) is 12.8. The maximum absolute atomic E-state index is 13.7. The molecule has 4 heteroatoms. The van der Waals surface area contributed by atoms with Gasteiger partial charge in [-0.15, -0.1) is 0 Å². The third kappa shape index (κ3) is 3.09. The highest BCUT2D eigenvalue weighted by atomic mass is 19.4. The standard InChI is InChI=1S/C23H24F3N/c1-21-14-8-3-9-15-22(21,16-23(24,25)26)27-20(17-10-4-2-5-11-17)18-12-6-7-13-19(18)21/h2,4-7,10-13H,3,8-9,14-16H2,1H3/t21-,22+/m1/s1. The zero-order chi connectivity index (χ0) is 19.1. The number of benzene rings is 2. The minimum absolute atomic E-state index is 0.480. The number of rotatable bonds is 2. The van der Waals surface area contributed by atoms with Crippen LogP contribution in [-0.4, -0.2) is 17.4 Å². The fourth-order valence-corrected chi connectivity index (χ4v) is 5.06. The van der Waals surface area contributed by atoms with E-state index in [4.69, 9.17) is 4.99 Å². The van der Waals surface area contributed by atoms with Crippen LogP contribution in [0.15, 0.2) is 59.6 Å². The Balaban J connectivity index is 2.00. The van der Waals surface area contributed by atoms with Crippen molar-refractivity contribution in [1.29, 1.82) is 0 Å². The van der Waals surface area contributed by atoms with Crippen molar-refractivity contribution in [1.82, 2.24) is 0 Å². The van der Waals surface area contributed by atoms with E-state index in [1.54, 1.807) is 0 Å². The van der Waals surface area contributed by atoms with Gasteiger partial charge in [-0.05, 0) is 18.4 Å². The predicted molar refractivity (Wildman–Crippen MR) is 102 cm³/mol. The summed E-state index contributed by atoms with van der Waals surface area (Å²) in [5.74, 6) is 0. The highest BCUT2D eigenvalue weighted by Crippen LogP contribution is 2.55. The lowest BCUT2D eigenvalue weighted by atomic mass is 9.59. The van der Waals surface area contributed by atoms with E-state index in [0.717, 1.165) is 42.4 Å². The molecule has 2 aliphatic rings. The van der Waals surface area contributed by atoms with E-state index in [-0.39, 0.29) is 0 Å². The molecule has 27 heavy (non-hydrogen) atoms. The van der Waals surface area contributed by atoms with Crippen LogP contribution in [0.4, 0.5) is 13.2 Å². The summed E-state index contributed by atoms with van der Waals surface area (Å²) in [5, 5.41) is 0. The first kappa shape index (κ1) is 18.3. The van der Waals surface area contributed by atoms with Gasteiger partial charge in [0.1, 0.15) is 0 Å². The Morgan fingerprint density at radius 1 is 0.889 bits per heavy atom. The van der Waals surface area contributed by atoms with Gasteiger partial charge in [0.25, 0.3) is 0 Å².